The molecule has 0 N–H and O–H groups in total. The molecule has 1 aliphatic heterocycles. The summed E-state index contributed by atoms with van der Waals surface area (Å²) in [6.07, 6.45) is 3.98. The van der Waals surface area contributed by atoms with Crippen molar-refractivity contribution in [3.05, 3.63) is 11.6 Å². The second-order valence-electron chi connectivity index (χ2n) is 3.84. The van der Waals surface area contributed by atoms with Crippen LogP contribution in [-0.2, 0) is 19.0 Å². The molecule has 0 bridgehead atoms. The topological polar surface area (TPSA) is 44.8 Å². The van der Waals surface area contributed by atoms with Gasteiger partial charge in [0, 0.05) is 18.9 Å². The molecule has 2 aliphatic rings. The predicted octanol–water partition coefficient (Wildman–Crippen LogP) is 1.40. The number of rotatable bonds is 2. The van der Waals surface area contributed by atoms with Crippen molar-refractivity contribution in [2.75, 3.05) is 19.8 Å². The Hall–Kier alpha value is -0.870. The highest BCUT2D eigenvalue weighted by atomic mass is 16.7. The summed E-state index contributed by atoms with van der Waals surface area (Å²) in [5.74, 6) is -0.694. The van der Waals surface area contributed by atoms with Gasteiger partial charge in [-0.3, -0.25) is 0 Å². The van der Waals surface area contributed by atoms with Crippen LogP contribution in [0.1, 0.15) is 26.2 Å². The molecule has 0 unspecified atom stereocenters. The summed E-state index contributed by atoms with van der Waals surface area (Å²) in [4.78, 5) is 11.2. The molecule has 1 heterocycles. The van der Waals surface area contributed by atoms with Gasteiger partial charge < -0.3 is 14.2 Å². The summed E-state index contributed by atoms with van der Waals surface area (Å²) in [6, 6.07) is 0. The van der Waals surface area contributed by atoms with Crippen molar-refractivity contribution in [3.63, 3.8) is 0 Å². The van der Waals surface area contributed by atoms with Gasteiger partial charge in [0.1, 0.15) is 0 Å². The van der Waals surface area contributed by atoms with Gasteiger partial charge in [0.15, 0.2) is 5.79 Å². The number of carbonyl (C=O) groups excluding carboxylic acids is 1. The Balaban J connectivity index is 1.94. The third kappa shape index (κ3) is 2.38. The van der Waals surface area contributed by atoms with Crippen LogP contribution in [0.25, 0.3) is 0 Å². The molecule has 1 aliphatic carbocycles. The van der Waals surface area contributed by atoms with E-state index >= 15 is 0 Å². The van der Waals surface area contributed by atoms with Crippen LogP contribution in [0.15, 0.2) is 11.6 Å². The van der Waals surface area contributed by atoms with Gasteiger partial charge in [0.2, 0.25) is 0 Å². The predicted molar refractivity (Wildman–Crippen MR) is 53.2 cm³/mol. The lowest BCUT2D eigenvalue weighted by Crippen LogP contribution is -2.25. The highest BCUT2D eigenvalue weighted by Crippen LogP contribution is 2.40. The van der Waals surface area contributed by atoms with Crippen molar-refractivity contribution < 1.29 is 19.0 Å². The summed E-state index contributed by atoms with van der Waals surface area (Å²) in [6.45, 7) is 3.54. The smallest absolute Gasteiger partial charge is 0.330 e. The molecule has 2 rings (SSSR count). The van der Waals surface area contributed by atoms with Gasteiger partial charge in [-0.1, -0.05) is 5.57 Å². The average molecular weight is 212 g/mol. The number of esters is 1. The van der Waals surface area contributed by atoms with E-state index in [4.69, 9.17) is 14.2 Å². The van der Waals surface area contributed by atoms with E-state index in [9.17, 15) is 4.79 Å². The maximum atomic E-state index is 11.2. The third-order valence-electron chi connectivity index (χ3n) is 2.75. The first kappa shape index (κ1) is 10.6. The van der Waals surface area contributed by atoms with Gasteiger partial charge in [-0.25, -0.2) is 4.79 Å². The minimum Gasteiger partial charge on any atom is -0.463 e. The fraction of sp³-hybridized carbons (Fsp3) is 0.727. The molecule has 0 atom stereocenters. The summed E-state index contributed by atoms with van der Waals surface area (Å²) in [5, 5.41) is 0. The van der Waals surface area contributed by atoms with Crippen LogP contribution in [0.3, 0.4) is 0 Å². The zero-order chi connectivity index (χ0) is 10.7. The van der Waals surface area contributed by atoms with Crippen LogP contribution in [0, 0.1) is 0 Å². The fourth-order valence-electron chi connectivity index (χ4n) is 2.09. The van der Waals surface area contributed by atoms with E-state index in [2.05, 4.69) is 0 Å². The van der Waals surface area contributed by atoms with Crippen molar-refractivity contribution in [2.45, 2.75) is 32.0 Å². The second-order valence-corrected chi connectivity index (χ2v) is 3.84. The van der Waals surface area contributed by atoms with Gasteiger partial charge in [-0.15, -0.1) is 0 Å². The lowest BCUT2D eigenvalue weighted by atomic mass is 10.2. The lowest BCUT2D eigenvalue weighted by molar-refractivity contribution is -0.147. The van der Waals surface area contributed by atoms with E-state index in [-0.39, 0.29) is 5.97 Å². The number of carbonyl (C=O) groups is 1. The molecule has 0 aromatic carbocycles. The molecule has 4 nitrogen and oxygen atoms in total. The highest BCUT2D eigenvalue weighted by Gasteiger charge is 2.41. The van der Waals surface area contributed by atoms with Crippen LogP contribution in [0.4, 0.5) is 0 Å². The van der Waals surface area contributed by atoms with Gasteiger partial charge >= 0.3 is 5.97 Å². The van der Waals surface area contributed by atoms with Crippen molar-refractivity contribution in [1.29, 1.82) is 0 Å². The first-order valence-electron chi connectivity index (χ1n) is 5.38. The first-order chi connectivity index (χ1) is 7.24. The van der Waals surface area contributed by atoms with Crippen molar-refractivity contribution >= 4 is 5.97 Å². The van der Waals surface area contributed by atoms with E-state index in [0.717, 1.165) is 18.4 Å². The summed E-state index contributed by atoms with van der Waals surface area (Å²) < 4.78 is 16.0. The molecular weight excluding hydrogens is 196 g/mol. The molecule has 0 aromatic rings. The Kier molecular flexibility index (Phi) is 3.07. The minimum atomic E-state index is -0.432. The quantitative estimate of drug-likeness (QED) is 0.512. The average Bonchev–Trinajstić information content (AvgIpc) is 2.79. The van der Waals surface area contributed by atoms with E-state index in [1.807, 2.05) is 0 Å². The zero-order valence-corrected chi connectivity index (χ0v) is 8.95. The molecule has 1 saturated carbocycles. The van der Waals surface area contributed by atoms with Crippen LogP contribution >= 0.6 is 0 Å². The van der Waals surface area contributed by atoms with E-state index in [0.29, 0.717) is 26.2 Å². The molecule has 2 fully saturated rings. The Morgan fingerprint density at radius 2 is 2.27 bits per heavy atom. The van der Waals surface area contributed by atoms with E-state index in [1.54, 1.807) is 13.0 Å². The third-order valence-corrected chi connectivity index (χ3v) is 2.75. The van der Waals surface area contributed by atoms with Crippen molar-refractivity contribution in [3.8, 4) is 0 Å². The molecule has 4 heteroatoms. The first-order valence-corrected chi connectivity index (χ1v) is 5.38. The van der Waals surface area contributed by atoms with E-state index in [1.165, 1.54) is 0 Å². The maximum absolute atomic E-state index is 11.2. The second kappa shape index (κ2) is 4.33. The standard InChI is InChI=1S/C11H16O4/c1-2-13-10(12)7-9-3-4-11(8-9)14-5-6-15-11/h7H,2-6,8H2,1H3/b9-7+. The van der Waals surface area contributed by atoms with E-state index < -0.39 is 5.79 Å². The fourth-order valence-corrected chi connectivity index (χ4v) is 2.09. The van der Waals surface area contributed by atoms with Gasteiger partial charge in [0.05, 0.1) is 19.8 Å². The molecule has 0 amide bonds. The SMILES string of the molecule is CCOC(=O)/C=C1\CCC2(C1)OCCO2. The number of ether oxygens (including phenoxy) is 3. The number of hydrogen-bond acceptors (Lipinski definition) is 4. The summed E-state index contributed by atoms with van der Waals surface area (Å²) in [7, 11) is 0. The van der Waals surface area contributed by atoms with Gasteiger partial charge in [-0.2, -0.15) is 0 Å². The van der Waals surface area contributed by atoms with Gasteiger partial charge in [0.25, 0.3) is 0 Å². The molecule has 84 valence electrons. The molecule has 1 saturated heterocycles. The largest absolute Gasteiger partial charge is 0.463 e. The molecular formula is C11H16O4. The monoisotopic (exact) mass is 212 g/mol. The molecule has 1 spiro atoms. The summed E-state index contributed by atoms with van der Waals surface area (Å²) in [5.41, 5.74) is 1.07. The Bertz CT molecular complexity index is 276. The Labute approximate surface area is 89.2 Å². The highest BCUT2D eigenvalue weighted by molar-refractivity contribution is 5.82. The maximum Gasteiger partial charge on any atom is 0.330 e. The Morgan fingerprint density at radius 1 is 1.53 bits per heavy atom. The zero-order valence-electron chi connectivity index (χ0n) is 8.95. The van der Waals surface area contributed by atoms with Crippen molar-refractivity contribution in [2.24, 2.45) is 0 Å². The molecule has 0 radical (unpaired) electrons. The Morgan fingerprint density at radius 3 is 2.93 bits per heavy atom. The lowest BCUT2D eigenvalue weighted by Gasteiger charge is -2.19. The van der Waals surface area contributed by atoms with Crippen LogP contribution in [0.5, 0.6) is 0 Å². The van der Waals surface area contributed by atoms with Crippen LogP contribution in [-0.4, -0.2) is 31.6 Å². The van der Waals surface area contributed by atoms with Crippen molar-refractivity contribution in [1.82, 2.24) is 0 Å². The number of hydrogen-bond donors (Lipinski definition) is 0. The van der Waals surface area contributed by atoms with Crippen LogP contribution in [0.2, 0.25) is 0 Å². The summed E-state index contributed by atoms with van der Waals surface area (Å²) >= 11 is 0. The minimum absolute atomic E-state index is 0.262. The molecule has 0 aromatic heterocycles. The van der Waals surface area contributed by atoms with Crippen LogP contribution < -0.4 is 0 Å². The normalized spacial score (nSPS) is 26.3. The van der Waals surface area contributed by atoms with Gasteiger partial charge in [-0.05, 0) is 13.3 Å². The molecule has 15 heavy (non-hydrogen) atoms.